The maximum absolute atomic E-state index is 14.4. The Kier molecular flexibility index (Phi) is 9.26. The molecule has 0 N–H and O–H groups in total. The predicted octanol–water partition coefficient (Wildman–Crippen LogP) is 9.16. The van der Waals surface area contributed by atoms with E-state index in [1.54, 1.807) is 0 Å². The third-order valence-corrected chi connectivity index (χ3v) is 9.27. The van der Waals surface area contributed by atoms with Gasteiger partial charge in [-0.25, -0.2) is 0 Å². The van der Waals surface area contributed by atoms with Crippen molar-refractivity contribution in [3.8, 4) is 22.3 Å². The number of hydrogen-bond acceptors (Lipinski definition) is 4. The van der Waals surface area contributed by atoms with Crippen LogP contribution in [0.15, 0.2) is 84.9 Å². The van der Waals surface area contributed by atoms with Crippen LogP contribution in [0, 0.1) is 0 Å². The van der Waals surface area contributed by atoms with E-state index in [-0.39, 0.29) is 11.9 Å². The Morgan fingerprint density at radius 1 is 0.545 bits per heavy atom. The first kappa shape index (κ1) is 29.9. The average Bonchev–Trinajstić information content (AvgIpc) is 3.63. The molecule has 0 saturated heterocycles. The zero-order valence-electron chi connectivity index (χ0n) is 25.9. The molecule has 0 fully saturated rings. The highest BCUT2D eigenvalue weighted by Gasteiger charge is 2.42. The van der Waals surface area contributed by atoms with Crippen LogP contribution in [-0.4, -0.2) is 25.2 Å². The van der Waals surface area contributed by atoms with Gasteiger partial charge < -0.3 is 9.47 Å². The van der Waals surface area contributed by atoms with Crippen LogP contribution in [0.25, 0.3) is 22.3 Å². The standard InChI is InChI=1S/C40H42O4/c1-3-5-11-23-43-39(41)37(33-21-13-19-31-29-17-9-7-15-27(29)25-35(31)33)38(40(42)44-24-12-6-4-2)34-22-14-20-32-30-18-10-8-16-28(30)26-36(32)34/h7-10,13-22,37-38H,3-6,11-12,23-26H2,1-2H3. The van der Waals surface area contributed by atoms with Crippen molar-refractivity contribution in [2.75, 3.05) is 13.2 Å². The summed E-state index contributed by atoms with van der Waals surface area (Å²) in [5.74, 6) is -2.35. The number of rotatable bonds is 13. The average molecular weight is 587 g/mol. The van der Waals surface area contributed by atoms with E-state index in [0.717, 1.165) is 84.7 Å². The molecule has 4 aromatic carbocycles. The molecule has 44 heavy (non-hydrogen) atoms. The summed E-state index contributed by atoms with van der Waals surface area (Å²) in [6, 6.07) is 29.2. The lowest BCUT2D eigenvalue weighted by Crippen LogP contribution is -2.31. The van der Waals surface area contributed by atoms with Gasteiger partial charge in [-0.15, -0.1) is 0 Å². The van der Waals surface area contributed by atoms with Gasteiger partial charge in [-0.05, 0) is 81.3 Å². The molecule has 2 unspecified atom stereocenters. The van der Waals surface area contributed by atoms with E-state index >= 15 is 0 Å². The van der Waals surface area contributed by atoms with E-state index in [2.05, 4.69) is 74.5 Å². The molecule has 226 valence electrons. The van der Waals surface area contributed by atoms with Crippen LogP contribution in [-0.2, 0) is 31.9 Å². The molecule has 2 aliphatic rings. The van der Waals surface area contributed by atoms with Gasteiger partial charge in [0.25, 0.3) is 0 Å². The van der Waals surface area contributed by atoms with E-state index in [4.69, 9.17) is 9.47 Å². The van der Waals surface area contributed by atoms with E-state index in [9.17, 15) is 9.59 Å². The topological polar surface area (TPSA) is 52.6 Å². The van der Waals surface area contributed by atoms with Crippen molar-refractivity contribution in [2.45, 2.75) is 77.0 Å². The SMILES string of the molecule is CCCCCOC(=O)C(c1cccc2c1Cc1ccccc1-2)C(C(=O)OCCCCC)c1cccc2c1Cc1ccccc1-2. The minimum absolute atomic E-state index is 0.342. The monoisotopic (exact) mass is 586 g/mol. The minimum atomic E-state index is -0.824. The molecule has 0 radical (unpaired) electrons. The van der Waals surface area contributed by atoms with Crippen molar-refractivity contribution in [2.24, 2.45) is 0 Å². The molecule has 0 aromatic heterocycles. The number of unbranched alkanes of at least 4 members (excludes halogenated alkanes) is 4. The fraction of sp³-hybridized carbons (Fsp3) is 0.350. The van der Waals surface area contributed by atoms with Crippen LogP contribution in [0.2, 0.25) is 0 Å². The second kappa shape index (κ2) is 13.6. The highest BCUT2D eigenvalue weighted by molar-refractivity contribution is 5.93. The van der Waals surface area contributed by atoms with Crippen molar-refractivity contribution in [1.29, 1.82) is 0 Å². The molecule has 0 bridgehead atoms. The molecule has 4 nitrogen and oxygen atoms in total. The van der Waals surface area contributed by atoms with Crippen LogP contribution >= 0.6 is 0 Å². The molecule has 0 amide bonds. The molecular weight excluding hydrogens is 544 g/mol. The van der Waals surface area contributed by atoms with Gasteiger partial charge in [0, 0.05) is 0 Å². The van der Waals surface area contributed by atoms with Gasteiger partial charge in [0.15, 0.2) is 0 Å². The summed E-state index contributed by atoms with van der Waals surface area (Å²) in [5.41, 5.74) is 11.0. The molecule has 0 heterocycles. The fourth-order valence-corrected chi connectivity index (χ4v) is 7.06. The van der Waals surface area contributed by atoms with Crippen LogP contribution < -0.4 is 0 Å². The minimum Gasteiger partial charge on any atom is -0.465 e. The van der Waals surface area contributed by atoms with Gasteiger partial charge in [0.2, 0.25) is 0 Å². The zero-order chi connectivity index (χ0) is 30.5. The van der Waals surface area contributed by atoms with Gasteiger partial charge in [-0.2, -0.15) is 0 Å². The second-order valence-electron chi connectivity index (χ2n) is 12.1. The third-order valence-electron chi connectivity index (χ3n) is 9.27. The number of benzene rings is 4. The zero-order valence-corrected chi connectivity index (χ0v) is 25.9. The summed E-state index contributed by atoms with van der Waals surface area (Å²) < 4.78 is 12.1. The van der Waals surface area contributed by atoms with Gasteiger partial charge in [-0.3, -0.25) is 9.59 Å². The Morgan fingerprint density at radius 3 is 1.39 bits per heavy atom. The molecule has 0 aliphatic heterocycles. The summed E-state index contributed by atoms with van der Waals surface area (Å²) in [5, 5.41) is 0. The maximum Gasteiger partial charge on any atom is 0.314 e. The Balaban J connectivity index is 1.48. The molecule has 4 heteroatoms. The molecule has 0 spiro atoms. The van der Waals surface area contributed by atoms with E-state index in [0.29, 0.717) is 13.2 Å². The lowest BCUT2D eigenvalue weighted by molar-refractivity contribution is -0.154. The number of carbonyl (C=O) groups is 2. The predicted molar refractivity (Wildman–Crippen MR) is 176 cm³/mol. The van der Waals surface area contributed by atoms with Crippen LogP contribution in [0.1, 0.15) is 97.6 Å². The van der Waals surface area contributed by atoms with E-state index < -0.39 is 11.8 Å². The normalized spacial score (nSPS) is 13.8. The second-order valence-corrected chi connectivity index (χ2v) is 12.1. The fourth-order valence-electron chi connectivity index (χ4n) is 7.06. The summed E-state index contributed by atoms with van der Waals surface area (Å²) >= 11 is 0. The van der Waals surface area contributed by atoms with Crippen LogP contribution in [0.5, 0.6) is 0 Å². The van der Waals surface area contributed by atoms with Gasteiger partial charge in [0.05, 0.1) is 25.0 Å². The van der Waals surface area contributed by atoms with Gasteiger partial charge >= 0.3 is 11.9 Å². The summed E-state index contributed by atoms with van der Waals surface area (Å²) in [7, 11) is 0. The lowest BCUT2D eigenvalue weighted by atomic mass is 9.76. The van der Waals surface area contributed by atoms with Crippen molar-refractivity contribution in [3.63, 3.8) is 0 Å². The quantitative estimate of drug-likeness (QED) is 0.100. The summed E-state index contributed by atoms with van der Waals surface area (Å²) in [6.45, 7) is 4.95. The Hall–Kier alpha value is -4.18. The van der Waals surface area contributed by atoms with E-state index in [1.165, 1.54) is 22.3 Å². The maximum atomic E-state index is 14.4. The molecule has 6 rings (SSSR count). The molecule has 2 atom stereocenters. The van der Waals surface area contributed by atoms with E-state index in [1.807, 2.05) is 24.3 Å². The first-order valence-corrected chi connectivity index (χ1v) is 16.4. The third kappa shape index (κ3) is 5.83. The molecule has 0 saturated carbocycles. The molecular formula is C40H42O4. The number of ether oxygens (including phenoxy) is 2. The van der Waals surface area contributed by atoms with Crippen molar-refractivity contribution >= 4 is 11.9 Å². The highest BCUT2D eigenvalue weighted by Crippen LogP contribution is 2.47. The van der Waals surface area contributed by atoms with Gasteiger partial charge in [0.1, 0.15) is 0 Å². The molecule has 4 aromatic rings. The Morgan fingerprint density at radius 2 is 0.955 bits per heavy atom. The Labute approximate surface area is 261 Å². The lowest BCUT2D eigenvalue weighted by Gasteiger charge is -2.28. The first-order valence-electron chi connectivity index (χ1n) is 16.4. The van der Waals surface area contributed by atoms with Crippen LogP contribution in [0.3, 0.4) is 0 Å². The van der Waals surface area contributed by atoms with Crippen LogP contribution in [0.4, 0.5) is 0 Å². The Bertz CT molecular complexity index is 1530. The smallest absolute Gasteiger partial charge is 0.314 e. The highest BCUT2D eigenvalue weighted by atomic mass is 16.5. The molecule has 2 aliphatic carbocycles. The van der Waals surface area contributed by atoms with Crippen molar-refractivity contribution in [3.05, 3.63) is 118 Å². The largest absolute Gasteiger partial charge is 0.465 e. The van der Waals surface area contributed by atoms with Crippen molar-refractivity contribution in [1.82, 2.24) is 0 Å². The number of esters is 2. The van der Waals surface area contributed by atoms with Gasteiger partial charge in [-0.1, -0.05) is 124 Å². The number of hydrogen-bond donors (Lipinski definition) is 0. The summed E-state index contributed by atoms with van der Waals surface area (Å²) in [4.78, 5) is 28.7. The number of carbonyl (C=O) groups excluding carboxylic acids is 2. The van der Waals surface area contributed by atoms with Crippen molar-refractivity contribution < 1.29 is 19.1 Å². The first-order chi connectivity index (χ1) is 21.6. The summed E-state index contributed by atoms with van der Waals surface area (Å²) in [6.07, 6.45) is 7.09. The number of fused-ring (bicyclic) bond motifs is 6.